The van der Waals surface area contributed by atoms with Crippen LogP contribution in [0.4, 0.5) is 0 Å². The van der Waals surface area contributed by atoms with E-state index < -0.39 is 0 Å². The third kappa shape index (κ3) is 5.56. The molecule has 0 saturated heterocycles. The number of hydrogen-bond acceptors (Lipinski definition) is 2. The highest BCUT2D eigenvalue weighted by Crippen LogP contribution is 1.98. The summed E-state index contributed by atoms with van der Waals surface area (Å²) in [4.78, 5) is 0. The Kier molecular flexibility index (Phi) is 7.51. The van der Waals surface area contributed by atoms with E-state index in [0.717, 1.165) is 19.6 Å². The molecule has 2 unspecified atom stereocenters. The molecule has 0 heterocycles. The molecular formula is C10H23NO. The molecule has 1 N–H and O–H groups in total. The number of nitrogens with one attached hydrogen (secondary N) is 1. The van der Waals surface area contributed by atoms with Gasteiger partial charge < -0.3 is 10.1 Å². The van der Waals surface area contributed by atoms with Gasteiger partial charge in [0, 0.05) is 12.6 Å². The second-order valence-electron chi connectivity index (χ2n) is 3.32. The van der Waals surface area contributed by atoms with E-state index in [-0.39, 0.29) is 0 Å². The number of ether oxygens (including phenoxy) is 1. The zero-order valence-electron chi connectivity index (χ0n) is 8.89. The summed E-state index contributed by atoms with van der Waals surface area (Å²) in [5, 5.41) is 3.42. The second-order valence-corrected chi connectivity index (χ2v) is 3.32. The van der Waals surface area contributed by atoms with Gasteiger partial charge in [0.1, 0.15) is 0 Å². The lowest BCUT2D eigenvalue weighted by molar-refractivity contribution is 0.0438. The zero-order chi connectivity index (χ0) is 9.40. The minimum Gasteiger partial charge on any atom is -0.377 e. The number of hydrogen-bond donors (Lipinski definition) is 1. The molecule has 0 aliphatic rings. The van der Waals surface area contributed by atoms with E-state index in [1.807, 2.05) is 0 Å². The predicted molar refractivity (Wildman–Crippen MR) is 53.5 cm³/mol. The minimum atomic E-state index is 0.330. The lowest BCUT2D eigenvalue weighted by Crippen LogP contribution is -2.37. The van der Waals surface area contributed by atoms with Crippen LogP contribution in [-0.2, 0) is 4.74 Å². The highest BCUT2D eigenvalue weighted by molar-refractivity contribution is 4.67. The topological polar surface area (TPSA) is 21.3 Å². The zero-order valence-corrected chi connectivity index (χ0v) is 8.89. The van der Waals surface area contributed by atoms with E-state index in [1.165, 1.54) is 6.42 Å². The van der Waals surface area contributed by atoms with Crippen LogP contribution in [0.2, 0.25) is 0 Å². The van der Waals surface area contributed by atoms with E-state index in [0.29, 0.717) is 12.1 Å². The first-order valence-electron chi connectivity index (χ1n) is 5.07. The summed E-state index contributed by atoms with van der Waals surface area (Å²) in [6.45, 7) is 10.6. The van der Waals surface area contributed by atoms with Gasteiger partial charge in [0.25, 0.3) is 0 Å². The van der Waals surface area contributed by atoms with Crippen molar-refractivity contribution in [3.8, 4) is 0 Å². The van der Waals surface area contributed by atoms with Crippen LogP contribution in [-0.4, -0.2) is 25.3 Å². The van der Waals surface area contributed by atoms with Gasteiger partial charge in [0.2, 0.25) is 0 Å². The molecule has 0 aromatic rings. The molecule has 12 heavy (non-hydrogen) atoms. The Morgan fingerprint density at radius 2 is 1.83 bits per heavy atom. The van der Waals surface area contributed by atoms with Crippen molar-refractivity contribution in [3.63, 3.8) is 0 Å². The van der Waals surface area contributed by atoms with E-state index in [2.05, 4.69) is 33.0 Å². The molecule has 0 radical (unpaired) electrons. The first kappa shape index (κ1) is 11.9. The van der Waals surface area contributed by atoms with Gasteiger partial charge in [-0.1, -0.05) is 13.8 Å². The Morgan fingerprint density at radius 1 is 1.17 bits per heavy atom. The van der Waals surface area contributed by atoms with Crippen molar-refractivity contribution in [2.45, 2.75) is 52.7 Å². The van der Waals surface area contributed by atoms with Crippen LogP contribution in [0.3, 0.4) is 0 Å². The second kappa shape index (κ2) is 7.56. The highest BCUT2D eigenvalue weighted by atomic mass is 16.5. The van der Waals surface area contributed by atoms with Gasteiger partial charge >= 0.3 is 0 Å². The summed E-state index contributed by atoms with van der Waals surface area (Å²) in [6.07, 6.45) is 2.62. The summed E-state index contributed by atoms with van der Waals surface area (Å²) in [5.41, 5.74) is 0. The van der Waals surface area contributed by atoms with Crippen LogP contribution in [0.1, 0.15) is 40.5 Å². The third-order valence-corrected chi connectivity index (χ3v) is 2.01. The molecule has 2 nitrogen and oxygen atoms in total. The highest BCUT2D eigenvalue weighted by Gasteiger charge is 2.10. The molecule has 0 spiro atoms. The Morgan fingerprint density at radius 3 is 2.33 bits per heavy atom. The summed E-state index contributed by atoms with van der Waals surface area (Å²) >= 11 is 0. The fourth-order valence-electron chi connectivity index (χ4n) is 0.986. The molecule has 0 bridgehead atoms. The molecule has 0 rings (SSSR count). The molecule has 0 aromatic carbocycles. The van der Waals surface area contributed by atoms with Gasteiger partial charge in [-0.15, -0.1) is 0 Å². The van der Waals surface area contributed by atoms with Crippen molar-refractivity contribution in [2.75, 3.05) is 13.2 Å². The smallest absolute Gasteiger partial charge is 0.0697 e. The summed E-state index contributed by atoms with van der Waals surface area (Å²) < 4.78 is 5.59. The predicted octanol–water partition coefficient (Wildman–Crippen LogP) is 2.19. The number of rotatable bonds is 7. The van der Waals surface area contributed by atoms with Crippen LogP contribution < -0.4 is 5.32 Å². The Hall–Kier alpha value is -0.0800. The van der Waals surface area contributed by atoms with Gasteiger partial charge in [-0.05, 0) is 33.2 Å². The fourth-order valence-corrected chi connectivity index (χ4v) is 0.986. The summed E-state index contributed by atoms with van der Waals surface area (Å²) in [5.74, 6) is 0. The monoisotopic (exact) mass is 173 g/mol. The lowest BCUT2D eigenvalue weighted by Gasteiger charge is -2.21. The van der Waals surface area contributed by atoms with Gasteiger partial charge in [-0.25, -0.2) is 0 Å². The molecule has 0 aliphatic heterocycles. The average molecular weight is 173 g/mol. The van der Waals surface area contributed by atoms with E-state index in [1.54, 1.807) is 0 Å². The first-order valence-corrected chi connectivity index (χ1v) is 5.07. The van der Waals surface area contributed by atoms with Crippen LogP contribution >= 0.6 is 0 Å². The molecule has 0 amide bonds. The standard InChI is InChI=1S/C10H23NO/c1-5-7-11-9(3)10(4)12-8-6-2/h9-11H,5-8H2,1-4H3. The van der Waals surface area contributed by atoms with Crippen molar-refractivity contribution in [1.82, 2.24) is 5.32 Å². The van der Waals surface area contributed by atoms with Gasteiger partial charge in [0.05, 0.1) is 6.10 Å². The minimum absolute atomic E-state index is 0.330. The first-order chi connectivity index (χ1) is 5.72. The van der Waals surface area contributed by atoms with Crippen LogP contribution in [0, 0.1) is 0 Å². The maximum Gasteiger partial charge on any atom is 0.0697 e. The molecule has 0 saturated carbocycles. The molecular weight excluding hydrogens is 150 g/mol. The van der Waals surface area contributed by atoms with Crippen LogP contribution in [0.5, 0.6) is 0 Å². The van der Waals surface area contributed by atoms with Gasteiger partial charge in [0.15, 0.2) is 0 Å². The molecule has 74 valence electrons. The van der Waals surface area contributed by atoms with E-state index in [9.17, 15) is 0 Å². The quantitative estimate of drug-likeness (QED) is 0.637. The summed E-state index contributed by atoms with van der Waals surface area (Å²) in [7, 11) is 0. The van der Waals surface area contributed by atoms with E-state index >= 15 is 0 Å². The summed E-state index contributed by atoms with van der Waals surface area (Å²) in [6, 6.07) is 0.469. The largest absolute Gasteiger partial charge is 0.377 e. The Bertz CT molecular complexity index is 83.8. The fraction of sp³-hybridized carbons (Fsp3) is 1.00. The van der Waals surface area contributed by atoms with Crippen molar-refractivity contribution in [3.05, 3.63) is 0 Å². The Labute approximate surface area is 76.7 Å². The van der Waals surface area contributed by atoms with Crippen molar-refractivity contribution < 1.29 is 4.74 Å². The normalized spacial score (nSPS) is 16.0. The van der Waals surface area contributed by atoms with Gasteiger partial charge in [-0.3, -0.25) is 0 Å². The molecule has 0 fully saturated rings. The third-order valence-electron chi connectivity index (χ3n) is 2.01. The molecule has 0 aromatic heterocycles. The molecule has 0 aliphatic carbocycles. The van der Waals surface area contributed by atoms with E-state index in [4.69, 9.17) is 4.74 Å². The average Bonchev–Trinajstić information content (AvgIpc) is 2.10. The SMILES string of the molecule is CCCNC(C)C(C)OCCC. The maximum atomic E-state index is 5.59. The van der Waals surface area contributed by atoms with Crippen LogP contribution in [0.25, 0.3) is 0 Å². The lowest BCUT2D eigenvalue weighted by atomic mass is 10.2. The maximum absolute atomic E-state index is 5.59. The van der Waals surface area contributed by atoms with Crippen molar-refractivity contribution >= 4 is 0 Å². The molecule has 2 atom stereocenters. The van der Waals surface area contributed by atoms with Crippen LogP contribution in [0.15, 0.2) is 0 Å². The van der Waals surface area contributed by atoms with Gasteiger partial charge in [-0.2, -0.15) is 0 Å². The Balaban J connectivity index is 3.39. The molecule has 2 heteroatoms. The van der Waals surface area contributed by atoms with Crippen molar-refractivity contribution in [2.24, 2.45) is 0 Å². The van der Waals surface area contributed by atoms with Crippen molar-refractivity contribution in [1.29, 1.82) is 0 Å².